The molecule has 5 heteroatoms. The highest BCUT2D eigenvalue weighted by atomic mass is 16.5. The first kappa shape index (κ1) is 14.9. The molecule has 1 heterocycles. The molecule has 1 N–H and O–H groups in total. The molecule has 0 aliphatic heterocycles. The van der Waals surface area contributed by atoms with Gasteiger partial charge in [0.2, 0.25) is 0 Å². The van der Waals surface area contributed by atoms with Crippen molar-refractivity contribution in [2.75, 3.05) is 6.54 Å². The minimum absolute atomic E-state index is 0.0272. The van der Waals surface area contributed by atoms with Crippen molar-refractivity contribution >= 4 is 6.03 Å². The molecule has 0 unspecified atom stereocenters. The summed E-state index contributed by atoms with van der Waals surface area (Å²) in [6.07, 6.45) is 6.03. The summed E-state index contributed by atoms with van der Waals surface area (Å²) in [7, 11) is 0. The lowest BCUT2D eigenvalue weighted by Gasteiger charge is -2.33. The summed E-state index contributed by atoms with van der Waals surface area (Å²) in [4.78, 5) is 14.3. The van der Waals surface area contributed by atoms with Gasteiger partial charge in [-0.25, -0.2) is 4.79 Å². The number of nitrogens with zero attached hydrogens (tertiary/aromatic N) is 2. The van der Waals surface area contributed by atoms with Crippen molar-refractivity contribution in [2.24, 2.45) is 0 Å². The number of hydrogen-bond donors (Lipinski definition) is 1. The fraction of sp³-hybridized carbons (Fsp3) is 0.733. The Balaban J connectivity index is 1.92. The molecule has 1 aliphatic carbocycles. The maximum absolute atomic E-state index is 12.4. The third-order valence-corrected chi connectivity index (χ3v) is 4.21. The first-order valence-electron chi connectivity index (χ1n) is 7.59. The Labute approximate surface area is 120 Å². The highest BCUT2D eigenvalue weighted by Gasteiger charge is 2.24. The van der Waals surface area contributed by atoms with E-state index in [9.17, 15) is 4.79 Å². The van der Waals surface area contributed by atoms with Crippen LogP contribution in [0.15, 0.2) is 4.52 Å². The Morgan fingerprint density at radius 1 is 1.35 bits per heavy atom. The zero-order valence-corrected chi connectivity index (χ0v) is 12.7. The molecule has 0 radical (unpaired) electrons. The second-order valence-corrected chi connectivity index (χ2v) is 5.54. The summed E-state index contributed by atoms with van der Waals surface area (Å²) in [5.41, 5.74) is 1.83. The summed E-state index contributed by atoms with van der Waals surface area (Å²) in [5.74, 6) is 0.781. The molecule has 1 fully saturated rings. The zero-order chi connectivity index (χ0) is 14.5. The lowest BCUT2D eigenvalue weighted by Crippen LogP contribution is -2.46. The molecule has 2 amide bonds. The largest absolute Gasteiger partial charge is 0.361 e. The van der Waals surface area contributed by atoms with Gasteiger partial charge in [0.15, 0.2) is 0 Å². The minimum Gasteiger partial charge on any atom is -0.361 e. The highest BCUT2D eigenvalue weighted by Crippen LogP contribution is 2.22. The minimum atomic E-state index is 0.0272. The van der Waals surface area contributed by atoms with E-state index in [2.05, 4.69) is 10.5 Å². The Hall–Kier alpha value is -1.52. The van der Waals surface area contributed by atoms with Crippen LogP contribution in [0.3, 0.4) is 0 Å². The van der Waals surface area contributed by atoms with Crippen molar-refractivity contribution < 1.29 is 9.32 Å². The average Bonchev–Trinajstić information content (AvgIpc) is 2.78. The van der Waals surface area contributed by atoms with Gasteiger partial charge in [0.25, 0.3) is 0 Å². The van der Waals surface area contributed by atoms with Gasteiger partial charge in [-0.2, -0.15) is 0 Å². The van der Waals surface area contributed by atoms with Crippen molar-refractivity contribution in [2.45, 2.75) is 65.5 Å². The molecule has 5 nitrogen and oxygen atoms in total. The molecule has 0 saturated heterocycles. The first-order valence-corrected chi connectivity index (χ1v) is 7.59. The standard InChI is InChI=1S/C15H25N3O2/c1-4-18(13-8-6-5-7-9-13)15(19)16-10-14-11(2)17-20-12(14)3/h13H,4-10H2,1-3H3,(H,16,19). The molecule has 1 saturated carbocycles. The van der Waals surface area contributed by atoms with E-state index in [4.69, 9.17) is 4.52 Å². The molecule has 0 spiro atoms. The SMILES string of the molecule is CCN(C(=O)NCc1c(C)noc1C)C1CCCCC1. The van der Waals surface area contributed by atoms with Gasteiger partial charge in [0, 0.05) is 24.7 Å². The van der Waals surface area contributed by atoms with Gasteiger partial charge in [0.05, 0.1) is 5.69 Å². The number of rotatable bonds is 4. The van der Waals surface area contributed by atoms with Crippen molar-refractivity contribution in [3.8, 4) is 0 Å². The number of nitrogens with one attached hydrogen (secondary N) is 1. The zero-order valence-electron chi connectivity index (χ0n) is 12.7. The Morgan fingerprint density at radius 2 is 2.05 bits per heavy atom. The number of amides is 2. The topological polar surface area (TPSA) is 58.4 Å². The van der Waals surface area contributed by atoms with Gasteiger partial charge in [0.1, 0.15) is 5.76 Å². The summed E-state index contributed by atoms with van der Waals surface area (Å²) in [6.45, 7) is 7.07. The van der Waals surface area contributed by atoms with Gasteiger partial charge in [-0.05, 0) is 33.6 Å². The van der Waals surface area contributed by atoms with E-state index in [0.29, 0.717) is 12.6 Å². The first-order chi connectivity index (χ1) is 9.63. The van der Waals surface area contributed by atoms with Gasteiger partial charge in [-0.15, -0.1) is 0 Å². The van der Waals surface area contributed by atoms with Crippen LogP contribution in [0.1, 0.15) is 56.0 Å². The average molecular weight is 279 g/mol. The van der Waals surface area contributed by atoms with E-state index in [1.165, 1.54) is 19.3 Å². The molecule has 0 aromatic carbocycles. The normalized spacial score (nSPS) is 16.1. The predicted octanol–water partition coefficient (Wildman–Crippen LogP) is 3.16. The van der Waals surface area contributed by atoms with Crippen LogP contribution in [-0.4, -0.2) is 28.7 Å². The monoisotopic (exact) mass is 279 g/mol. The van der Waals surface area contributed by atoms with E-state index in [1.54, 1.807) is 0 Å². The molecule has 112 valence electrons. The van der Waals surface area contributed by atoms with E-state index in [-0.39, 0.29) is 6.03 Å². The molecule has 1 aromatic rings. The summed E-state index contributed by atoms with van der Waals surface area (Å²) in [5, 5.41) is 6.91. The molecular formula is C15H25N3O2. The van der Waals surface area contributed by atoms with Crippen molar-refractivity contribution in [3.05, 3.63) is 17.0 Å². The highest BCUT2D eigenvalue weighted by molar-refractivity contribution is 5.74. The molecule has 20 heavy (non-hydrogen) atoms. The van der Waals surface area contributed by atoms with Gasteiger partial charge >= 0.3 is 6.03 Å². The fourth-order valence-corrected chi connectivity index (χ4v) is 2.98. The summed E-state index contributed by atoms with van der Waals surface area (Å²) >= 11 is 0. The Morgan fingerprint density at radius 3 is 2.60 bits per heavy atom. The molecule has 0 atom stereocenters. The van der Waals surface area contributed by atoms with E-state index in [1.807, 2.05) is 25.7 Å². The van der Waals surface area contributed by atoms with Crippen molar-refractivity contribution in [1.29, 1.82) is 0 Å². The van der Waals surface area contributed by atoms with Crippen LogP contribution < -0.4 is 5.32 Å². The maximum Gasteiger partial charge on any atom is 0.317 e. The number of hydrogen-bond acceptors (Lipinski definition) is 3. The van der Waals surface area contributed by atoms with E-state index in [0.717, 1.165) is 36.4 Å². The lowest BCUT2D eigenvalue weighted by atomic mass is 9.94. The second kappa shape index (κ2) is 6.77. The second-order valence-electron chi connectivity index (χ2n) is 5.54. The van der Waals surface area contributed by atoms with Crippen LogP contribution in [0.25, 0.3) is 0 Å². The smallest absolute Gasteiger partial charge is 0.317 e. The number of aromatic nitrogens is 1. The number of urea groups is 1. The number of carbonyl (C=O) groups excluding carboxylic acids is 1. The molecular weight excluding hydrogens is 254 g/mol. The van der Waals surface area contributed by atoms with Gasteiger partial charge < -0.3 is 14.7 Å². The van der Waals surface area contributed by atoms with Crippen molar-refractivity contribution in [1.82, 2.24) is 15.4 Å². The van der Waals surface area contributed by atoms with E-state index >= 15 is 0 Å². The molecule has 0 bridgehead atoms. The maximum atomic E-state index is 12.4. The fourth-order valence-electron chi connectivity index (χ4n) is 2.98. The quantitative estimate of drug-likeness (QED) is 0.921. The summed E-state index contributed by atoms with van der Waals surface area (Å²) < 4.78 is 5.12. The predicted molar refractivity (Wildman–Crippen MR) is 77.5 cm³/mol. The third kappa shape index (κ3) is 3.32. The third-order valence-electron chi connectivity index (χ3n) is 4.21. The van der Waals surface area contributed by atoms with Crippen LogP contribution in [0.4, 0.5) is 4.79 Å². The molecule has 1 aliphatic rings. The van der Waals surface area contributed by atoms with Crippen LogP contribution in [0.5, 0.6) is 0 Å². The van der Waals surface area contributed by atoms with Crippen LogP contribution in [-0.2, 0) is 6.54 Å². The van der Waals surface area contributed by atoms with Gasteiger partial charge in [-0.3, -0.25) is 0 Å². The molecule has 2 rings (SSSR count). The number of aryl methyl sites for hydroxylation is 2. The molecule has 1 aromatic heterocycles. The lowest BCUT2D eigenvalue weighted by molar-refractivity contribution is 0.159. The van der Waals surface area contributed by atoms with Crippen LogP contribution in [0.2, 0.25) is 0 Å². The number of carbonyl (C=O) groups is 1. The van der Waals surface area contributed by atoms with Gasteiger partial charge in [-0.1, -0.05) is 24.4 Å². The Bertz CT molecular complexity index is 430. The van der Waals surface area contributed by atoms with Crippen LogP contribution in [0, 0.1) is 13.8 Å². The van der Waals surface area contributed by atoms with Crippen molar-refractivity contribution in [3.63, 3.8) is 0 Å². The summed E-state index contributed by atoms with van der Waals surface area (Å²) in [6, 6.07) is 0.429. The van der Waals surface area contributed by atoms with E-state index < -0.39 is 0 Å². The Kier molecular flexibility index (Phi) is 5.04. The van der Waals surface area contributed by atoms with Crippen LogP contribution >= 0.6 is 0 Å².